The molecule has 0 spiro atoms. The SMILES string of the molecule is COc1ncnc(OC)c1NC(=NS(=O)(=O)C(C)C(OC)c1ncc(Cl)cn1)NNC(=O)C(C)C1CC1. The number of hydrogen-bond acceptors (Lipinski definition) is 10. The van der Waals surface area contributed by atoms with Gasteiger partial charge < -0.3 is 19.5 Å². The second kappa shape index (κ2) is 12.3. The molecule has 14 nitrogen and oxygen atoms in total. The molecule has 3 unspecified atom stereocenters. The fourth-order valence-electron chi connectivity index (χ4n) is 3.35. The number of sulfonamides is 1. The Labute approximate surface area is 219 Å². The van der Waals surface area contributed by atoms with Crippen molar-refractivity contribution in [3.8, 4) is 11.8 Å². The van der Waals surface area contributed by atoms with Crippen molar-refractivity contribution < 1.29 is 27.4 Å². The fraction of sp³-hybridized carbons (Fsp3) is 0.524. The first-order chi connectivity index (χ1) is 17.6. The van der Waals surface area contributed by atoms with Gasteiger partial charge in [-0.25, -0.2) is 18.4 Å². The van der Waals surface area contributed by atoms with Crippen molar-refractivity contribution in [2.45, 2.75) is 38.0 Å². The Hall–Kier alpha value is -3.30. The molecule has 0 aromatic carbocycles. The van der Waals surface area contributed by atoms with Crippen LogP contribution in [0.15, 0.2) is 23.1 Å². The zero-order valence-electron chi connectivity index (χ0n) is 20.9. The molecule has 3 atom stereocenters. The highest BCUT2D eigenvalue weighted by molar-refractivity contribution is 7.90. The predicted octanol–water partition coefficient (Wildman–Crippen LogP) is 1.48. The molecule has 1 fully saturated rings. The molecule has 0 radical (unpaired) electrons. The maximum atomic E-state index is 13.3. The normalized spacial score (nSPS) is 16.3. The summed E-state index contributed by atoms with van der Waals surface area (Å²) in [4.78, 5) is 28.7. The molecule has 2 heterocycles. The Morgan fingerprint density at radius 2 is 1.65 bits per heavy atom. The van der Waals surface area contributed by atoms with Crippen molar-refractivity contribution in [1.82, 2.24) is 30.8 Å². The van der Waals surface area contributed by atoms with E-state index in [0.29, 0.717) is 0 Å². The number of methoxy groups -OCH3 is 3. The smallest absolute Gasteiger partial charge is 0.262 e. The van der Waals surface area contributed by atoms with E-state index in [-0.39, 0.29) is 52.0 Å². The van der Waals surface area contributed by atoms with Crippen molar-refractivity contribution in [1.29, 1.82) is 0 Å². The first kappa shape index (κ1) is 28.3. The van der Waals surface area contributed by atoms with Gasteiger partial charge in [0.2, 0.25) is 23.6 Å². The molecule has 1 saturated carbocycles. The topological polar surface area (TPSA) is 179 Å². The fourth-order valence-corrected chi connectivity index (χ4v) is 4.51. The summed E-state index contributed by atoms with van der Waals surface area (Å²) in [5.41, 5.74) is 5.13. The van der Waals surface area contributed by atoms with E-state index in [2.05, 4.69) is 40.5 Å². The highest BCUT2D eigenvalue weighted by atomic mass is 35.5. The second-order valence-corrected chi connectivity index (χ2v) is 10.6. The zero-order chi connectivity index (χ0) is 27.2. The molecule has 37 heavy (non-hydrogen) atoms. The van der Waals surface area contributed by atoms with E-state index in [1.165, 1.54) is 47.0 Å². The number of amides is 1. The van der Waals surface area contributed by atoms with Crippen molar-refractivity contribution in [3.63, 3.8) is 0 Å². The van der Waals surface area contributed by atoms with Crippen LogP contribution in [-0.2, 0) is 19.6 Å². The minimum Gasteiger partial charge on any atom is -0.479 e. The maximum Gasteiger partial charge on any atom is 0.262 e. The molecule has 0 aliphatic heterocycles. The Morgan fingerprint density at radius 3 is 2.16 bits per heavy atom. The Morgan fingerprint density at radius 1 is 1.05 bits per heavy atom. The van der Waals surface area contributed by atoms with Gasteiger partial charge in [-0.2, -0.15) is 9.97 Å². The summed E-state index contributed by atoms with van der Waals surface area (Å²) in [7, 11) is -0.253. The number of carbonyl (C=O) groups excluding carboxylic acids is 1. The maximum absolute atomic E-state index is 13.3. The minimum absolute atomic E-state index is 0.0498. The van der Waals surface area contributed by atoms with Crippen molar-refractivity contribution >= 4 is 39.2 Å². The third-order valence-electron chi connectivity index (χ3n) is 5.72. The summed E-state index contributed by atoms with van der Waals surface area (Å²) < 4.78 is 46.4. The molecule has 202 valence electrons. The van der Waals surface area contributed by atoms with E-state index in [1.54, 1.807) is 6.92 Å². The standard InChI is InChI=1S/C21H29ClN8O6S/c1-11(13-6-7-13)18(31)28-29-21(27-15-19(35-4)25-10-26-20(15)36-5)30-37(32,33)12(2)16(34-3)17-23-8-14(22)9-24-17/h8-13,16H,6-7H2,1-5H3,(H,28,31)(H2,27,29,30). The van der Waals surface area contributed by atoms with E-state index in [9.17, 15) is 13.2 Å². The lowest BCUT2D eigenvalue weighted by atomic mass is 10.1. The number of ether oxygens (including phenoxy) is 3. The third-order valence-corrected chi connectivity index (χ3v) is 7.54. The quantitative estimate of drug-likeness (QED) is 0.218. The third kappa shape index (κ3) is 7.14. The minimum atomic E-state index is -4.31. The Kier molecular flexibility index (Phi) is 9.39. The Balaban J connectivity index is 1.94. The summed E-state index contributed by atoms with van der Waals surface area (Å²) >= 11 is 5.84. The van der Waals surface area contributed by atoms with Crippen LogP contribution in [0.25, 0.3) is 0 Å². The summed E-state index contributed by atoms with van der Waals surface area (Å²) in [6.07, 6.45) is 4.72. The van der Waals surface area contributed by atoms with E-state index in [1.807, 2.05) is 0 Å². The first-order valence-electron chi connectivity index (χ1n) is 11.2. The van der Waals surface area contributed by atoms with Gasteiger partial charge in [0.1, 0.15) is 17.7 Å². The summed E-state index contributed by atoms with van der Waals surface area (Å²) in [5.74, 6) is -0.470. The molecule has 3 N–H and O–H groups in total. The lowest BCUT2D eigenvalue weighted by Gasteiger charge is -2.21. The average molecular weight is 557 g/mol. The molecule has 0 bridgehead atoms. The number of aromatic nitrogens is 4. The number of nitrogens with zero attached hydrogens (tertiary/aromatic N) is 5. The van der Waals surface area contributed by atoms with Crippen molar-refractivity contribution in [2.75, 3.05) is 26.6 Å². The average Bonchev–Trinajstić information content (AvgIpc) is 3.73. The number of hydrogen-bond donors (Lipinski definition) is 3. The molecule has 1 aliphatic rings. The molecular formula is C21H29ClN8O6S. The summed E-state index contributed by atoms with van der Waals surface area (Å²) in [5, 5.41) is 1.80. The lowest BCUT2D eigenvalue weighted by molar-refractivity contribution is -0.125. The van der Waals surface area contributed by atoms with Crippen LogP contribution in [0.2, 0.25) is 5.02 Å². The lowest BCUT2D eigenvalue weighted by Crippen LogP contribution is -2.48. The van der Waals surface area contributed by atoms with E-state index < -0.39 is 21.4 Å². The van der Waals surface area contributed by atoms with Crippen LogP contribution in [0.5, 0.6) is 11.8 Å². The number of anilines is 1. The van der Waals surface area contributed by atoms with Gasteiger partial charge in [0, 0.05) is 25.4 Å². The Bertz CT molecular complexity index is 1200. The van der Waals surface area contributed by atoms with E-state index in [4.69, 9.17) is 25.8 Å². The summed E-state index contributed by atoms with van der Waals surface area (Å²) in [6.45, 7) is 3.19. The number of halogens is 1. The number of guanidine groups is 1. The van der Waals surface area contributed by atoms with Gasteiger partial charge in [-0.15, -0.1) is 4.40 Å². The molecular weight excluding hydrogens is 528 g/mol. The van der Waals surface area contributed by atoms with Gasteiger partial charge in [-0.1, -0.05) is 18.5 Å². The van der Waals surface area contributed by atoms with Gasteiger partial charge >= 0.3 is 0 Å². The molecule has 2 aromatic heterocycles. The highest BCUT2D eigenvalue weighted by Crippen LogP contribution is 2.36. The van der Waals surface area contributed by atoms with Crippen LogP contribution in [0.3, 0.4) is 0 Å². The van der Waals surface area contributed by atoms with Crippen LogP contribution >= 0.6 is 11.6 Å². The number of nitrogens with one attached hydrogen (secondary N) is 3. The van der Waals surface area contributed by atoms with Crippen LogP contribution in [0.4, 0.5) is 5.69 Å². The summed E-state index contributed by atoms with van der Waals surface area (Å²) in [6, 6.07) is 0. The molecule has 1 amide bonds. The zero-order valence-corrected chi connectivity index (χ0v) is 22.5. The van der Waals surface area contributed by atoms with E-state index >= 15 is 0 Å². The van der Waals surface area contributed by atoms with Gasteiger partial charge in [0.05, 0.1) is 19.2 Å². The molecule has 1 aliphatic carbocycles. The van der Waals surface area contributed by atoms with Gasteiger partial charge in [-0.05, 0) is 25.7 Å². The van der Waals surface area contributed by atoms with Crippen LogP contribution in [0.1, 0.15) is 38.6 Å². The van der Waals surface area contributed by atoms with Crippen molar-refractivity contribution in [3.05, 3.63) is 29.6 Å². The number of carbonyl (C=O) groups is 1. The second-order valence-electron chi connectivity index (χ2n) is 8.21. The monoisotopic (exact) mass is 556 g/mol. The highest BCUT2D eigenvalue weighted by Gasteiger charge is 2.35. The van der Waals surface area contributed by atoms with Crippen LogP contribution in [-0.4, -0.2) is 66.8 Å². The first-order valence-corrected chi connectivity index (χ1v) is 13.1. The van der Waals surface area contributed by atoms with Gasteiger partial charge in [0.25, 0.3) is 10.0 Å². The van der Waals surface area contributed by atoms with Gasteiger partial charge in [-0.3, -0.25) is 15.6 Å². The molecule has 16 heteroatoms. The molecule has 3 rings (SSSR count). The van der Waals surface area contributed by atoms with E-state index in [0.717, 1.165) is 12.8 Å². The van der Waals surface area contributed by atoms with Crippen molar-refractivity contribution in [2.24, 2.45) is 16.2 Å². The van der Waals surface area contributed by atoms with Crippen LogP contribution in [0, 0.1) is 11.8 Å². The largest absolute Gasteiger partial charge is 0.479 e. The molecule has 2 aromatic rings. The molecule has 0 saturated heterocycles. The number of rotatable bonds is 10. The number of hydrazine groups is 1. The van der Waals surface area contributed by atoms with Crippen LogP contribution < -0.4 is 25.6 Å². The predicted molar refractivity (Wildman–Crippen MR) is 135 cm³/mol. The van der Waals surface area contributed by atoms with Gasteiger partial charge in [0.15, 0.2) is 11.5 Å².